The molecule has 0 saturated heterocycles. The van der Waals surface area contributed by atoms with E-state index in [1.54, 1.807) is 22.7 Å². The SMILES string of the molecule is [C-]#[N+]c1ccc(-c2sc(-c3ccc(C#N)s3)c(CCCC)c2CCCC)s1. The van der Waals surface area contributed by atoms with Crippen LogP contribution in [0.4, 0.5) is 5.00 Å². The molecule has 0 N–H and O–H groups in total. The molecule has 0 amide bonds. The van der Waals surface area contributed by atoms with Gasteiger partial charge in [-0.3, -0.25) is 0 Å². The molecule has 0 aromatic carbocycles. The summed E-state index contributed by atoms with van der Waals surface area (Å²) in [6.07, 6.45) is 6.87. The van der Waals surface area contributed by atoms with E-state index < -0.39 is 0 Å². The highest BCUT2D eigenvalue weighted by Gasteiger charge is 2.21. The van der Waals surface area contributed by atoms with Crippen molar-refractivity contribution in [2.45, 2.75) is 52.4 Å². The fraction of sp³-hybridized carbons (Fsp3) is 0.364. The van der Waals surface area contributed by atoms with Gasteiger partial charge in [-0.05, 0) is 55.0 Å². The lowest BCUT2D eigenvalue weighted by molar-refractivity contribution is 0.764. The number of hydrogen-bond acceptors (Lipinski definition) is 4. The van der Waals surface area contributed by atoms with Crippen molar-refractivity contribution in [1.82, 2.24) is 0 Å². The van der Waals surface area contributed by atoms with Gasteiger partial charge >= 0.3 is 0 Å². The zero-order valence-corrected chi connectivity index (χ0v) is 18.1. The van der Waals surface area contributed by atoms with E-state index in [9.17, 15) is 5.26 Å². The van der Waals surface area contributed by atoms with Crippen LogP contribution in [0.5, 0.6) is 0 Å². The van der Waals surface area contributed by atoms with Crippen molar-refractivity contribution in [2.24, 2.45) is 0 Å². The maximum absolute atomic E-state index is 9.23. The second-order valence-electron chi connectivity index (χ2n) is 6.45. The number of nitriles is 1. The van der Waals surface area contributed by atoms with Gasteiger partial charge in [0.2, 0.25) is 5.00 Å². The van der Waals surface area contributed by atoms with Gasteiger partial charge < -0.3 is 0 Å². The Bertz CT molecular complexity index is 913. The molecule has 0 bridgehead atoms. The molecular weight excluding hydrogens is 388 g/mol. The van der Waals surface area contributed by atoms with Crippen molar-refractivity contribution in [3.8, 4) is 25.6 Å². The molecule has 0 aliphatic rings. The molecule has 2 nitrogen and oxygen atoms in total. The third kappa shape index (κ3) is 4.33. The average molecular weight is 411 g/mol. The fourth-order valence-corrected chi connectivity index (χ4v) is 6.43. The van der Waals surface area contributed by atoms with Gasteiger partial charge in [-0.25, -0.2) is 4.85 Å². The summed E-state index contributed by atoms with van der Waals surface area (Å²) in [5.74, 6) is 0. The van der Waals surface area contributed by atoms with E-state index in [0.717, 1.165) is 22.7 Å². The van der Waals surface area contributed by atoms with E-state index in [2.05, 4.69) is 36.9 Å². The Morgan fingerprint density at radius 1 is 0.889 bits per heavy atom. The zero-order chi connectivity index (χ0) is 19.2. The largest absolute Gasteiger partial charge is 0.241 e. The highest BCUT2D eigenvalue weighted by Crippen LogP contribution is 2.48. The monoisotopic (exact) mass is 410 g/mol. The first kappa shape index (κ1) is 19.8. The van der Waals surface area contributed by atoms with Gasteiger partial charge in [0, 0.05) is 19.5 Å². The first-order chi connectivity index (χ1) is 13.2. The zero-order valence-electron chi connectivity index (χ0n) is 15.7. The van der Waals surface area contributed by atoms with Crippen molar-refractivity contribution in [1.29, 1.82) is 5.26 Å². The minimum atomic E-state index is 0.749. The van der Waals surface area contributed by atoms with E-state index in [1.165, 1.54) is 56.3 Å². The molecule has 0 fully saturated rings. The van der Waals surface area contributed by atoms with Gasteiger partial charge in [0.05, 0.1) is 6.57 Å². The van der Waals surface area contributed by atoms with Gasteiger partial charge in [-0.15, -0.1) is 22.7 Å². The second kappa shape index (κ2) is 9.33. The van der Waals surface area contributed by atoms with E-state index in [1.807, 2.05) is 23.5 Å². The molecule has 0 atom stereocenters. The molecule has 3 heterocycles. The van der Waals surface area contributed by atoms with Crippen LogP contribution in [-0.4, -0.2) is 0 Å². The van der Waals surface area contributed by atoms with Gasteiger partial charge in [-0.1, -0.05) is 32.8 Å². The topological polar surface area (TPSA) is 28.1 Å². The lowest BCUT2D eigenvalue weighted by atomic mass is 9.97. The minimum absolute atomic E-state index is 0.749. The van der Waals surface area contributed by atoms with E-state index in [4.69, 9.17) is 6.57 Å². The summed E-state index contributed by atoms with van der Waals surface area (Å²) in [7, 11) is 0. The molecule has 0 aliphatic heterocycles. The van der Waals surface area contributed by atoms with E-state index >= 15 is 0 Å². The second-order valence-corrected chi connectivity index (χ2v) is 9.62. The van der Waals surface area contributed by atoms with Crippen molar-refractivity contribution in [3.63, 3.8) is 0 Å². The predicted octanol–water partition coefficient (Wildman–Crippen LogP) is 8.31. The molecule has 3 aromatic rings. The molecule has 5 heteroatoms. The minimum Gasteiger partial charge on any atom is -0.227 e. The lowest BCUT2D eigenvalue weighted by Gasteiger charge is -2.08. The molecule has 3 aromatic heterocycles. The van der Waals surface area contributed by atoms with E-state index in [-0.39, 0.29) is 0 Å². The summed E-state index contributed by atoms with van der Waals surface area (Å²) in [6, 6.07) is 10.3. The summed E-state index contributed by atoms with van der Waals surface area (Å²) in [5, 5.41) is 9.98. The van der Waals surface area contributed by atoms with Crippen LogP contribution in [0.2, 0.25) is 0 Å². The number of rotatable bonds is 8. The standard InChI is InChI=1S/C22H22N2S3/c1-4-6-8-16-17(9-7-5-2)22(19-12-13-20(24-3)26-19)27-21(16)18-11-10-15(14-23)25-18/h10-13H,4-9H2,1-2H3. The van der Waals surface area contributed by atoms with Crippen LogP contribution < -0.4 is 0 Å². The number of unbranched alkanes of at least 4 members (excludes halogenated alkanes) is 2. The lowest BCUT2D eigenvalue weighted by Crippen LogP contribution is -1.94. The molecule has 0 spiro atoms. The van der Waals surface area contributed by atoms with Gasteiger partial charge in [0.1, 0.15) is 10.9 Å². The van der Waals surface area contributed by atoms with Crippen molar-refractivity contribution < 1.29 is 0 Å². The summed E-state index contributed by atoms with van der Waals surface area (Å²) >= 11 is 5.03. The summed E-state index contributed by atoms with van der Waals surface area (Å²) in [6.45, 7) is 11.8. The number of nitrogens with zero attached hydrogens (tertiary/aromatic N) is 2. The maximum atomic E-state index is 9.23. The third-order valence-corrected chi connectivity index (χ3v) is 8.15. The molecule has 0 saturated carbocycles. The smallest absolute Gasteiger partial charge is 0.227 e. The molecular formula is C22H22N2S3. The maximum Gasteiger partial charge on any atom is 0.241 e. The van der Waals surface area contributed by atoms with Gasteiger partial charge in [0.15, 0.2) is 0 Å². The molecule has 138 valence electrons. The Morgan fingerprint density at radius 3 is 1.96 bits per heavy atom. The van der Waals surface area contributed by atoms with Crippen molar-refractivity contribution in [2.75, 3.05) is 0 Å². The van der Waals surface area contributed by atoms with E-state index in [0.29, 0.717) is 0 Å². The Balaban J connectivity index is 2.16. The van der Waals surface area contributed by atoms with Gasteiger partial charge in [-0.2, -0.15) is 16.6 Å². The van der Waals surface area contributed by atoms with Crippen LogP contribution in [0, 0.1) is 17.9 Å². The first-order valence-electron chi connectivity index (χ1n) is 9.34. The summed E-state index contributed by atoms with van der Waals surface area (Å²) in [4.78, 5) is 9.43. The highest BCUT2D eigenvalue weighted by molar-refractivity contribution is 7.27. The normalized spacial score (nSPS) is 10.7. The molecule has 0 unspecified atom stereocenters. The third-order valence-electron chi connectivity index (χ3n) is 4.54. The van der Waals surface area contributed by atoms with Crippen molar-refractivity contribution >= 4 is 39.0 Å². The fourth-order valence-electron chi connectivity index (χ4n) is 3.16. The number of thiophene rings is 3. The van der Waals surface area contributed by atoms with Crippen LogP contribution >= 0.6 is 34.0 Å². The van der Waals surface area contributed by atoms with Gasteiger partial charge in [0.25, 0.3) is 0 Å². The summed E-state index contributed by atoms with van der Waals surface area (Å²) < 4.78 is 0. The molecule has 3 rings (SSSR count). The first-order valence-corrected chi connectivity index (χ1v) is 11.8. The Labute approximate surface area is 173 Å². The Kier molecular flexibility index (Phi) is 6.85. The Hall–Kier alpha value is -1.92. The molecule has 0 radical (unpaired) electrons. The Morgan fingerprint density at radius 2 is 1.48 bits per heavy atom. The summed E-state index contributed by atoms with van der Waals surface area (Å²) in [5.41, 5.74) is 2.94. The highest BCUT2D eigenvalue weighted by atomic mass is 32.1. The number of hydrogen-bond donors (Lipinski definition) is 0. The quantitative estimate of drug-likeness (QED) is 0.343. The van der Waals surface area contributed by atoms with Crippen LogP contribution in [0.25, 0.3) is 24.4 Å². The van der Waals surface area contributed by atoms with Crippen LogP contribution in [0.15, 0.2) is 24.3 Å². The average Bonchev–Trinajstić information content (AvgIpc) is 3.42. The predicted molar refractivity (Wildman–Crippen MR) is 119 cm³/mol. The van der Waals surface area contributed by atoms with Crippen LogP contribution in [0.1, 0.15) is 55.5 Å². The molecule has 27 heavy (non-hydrogen) atoms. The van der Waals surface area contributed by atoms with Crippen LogP contribution in [0.3, 0.4) is 0 Å². The van der Waals surface area contributed by atoms with Crippen molar-refractivity contribution in [3.05, 3.63) is 51.7 Å². The van der Waals surface area contributed by atoms with Crippen LogP contribution in [-0.2, 0) is 12.8 Å². The molecule has 0 aliphatic carbocycles.